The number of sulfonamides is 1. The van der Waals surface area contributed by atoms with Crippen molar-refractivity contribution in [3.63, 3.8) is 0 Å². The molecule has 0 heterocycles. The summed E-state index contributed by atoms with van der Waals surface area (Å²) in [6, 6.07) is 4.25. The predicted octanol–water partition coefficient (Wildman–Crippen LogP) is 1.51. The van der Waals surface area contributed by atoms with Crippen molar-refractivity contribution in [2.75, 3.05) is 12.3 Å². The van der Waals surface area contributed by atoms with Crippen LogP contribution in [0.3, 0.4) is 0 Å². The molecule has 0 unspecified atom stereocenters. The van der Waals surface area contributed by atoms with Gasteiger partial charge in [-0.2, -0.15) is 0 Å². The van der Waals surface area contributed by atoms with Crippen LogP contribution in [0.1, 0.15) is 25.7 Å². The van der Waals surface area contributed by atoms with Crippen molar-refractivity contribution in [2.24, 2.45) is 0 Å². The number of benzene rings is 1. The van der Waals surface area contributed by atoms with Crippen LogP contribution >= 0.6 is 11.6 Å². The zero-order valence-electron chi connectivity index (χ0n) is 10.4. The van der Waals surface area contributed by atoms with Crippen LogP contribution in [0.15, 0.2) is 23.1 Å². The topological polar surface area (TPSA) is 92.4 Å². The van der Waals surface area contributed by atoms with Crippen molar-refractivity contribution in [2.45, 2.75) is 36.1 Å². The van der Waals surface area contributed by atoms with Gasteiger partial charge in [0.25, 0.3) is 0 Å². The zero-order valence-corrected chi connectivity index (χ0v) is 12.0. The lowest BCUT2D eigenvalue weighted by Crippen LogP contribution is -2.49. The summed E-state index contributed by atoms with van der Waals surface area (Å²) in [6.45, 7) is -0.209. The average molecular weight is 305 g/mol. The van der Waals surface area contributed by atoms with Gasteiger partial charge in [0.2, 0.25) is 10.0 Å². The lowest BCUT2D eigenvalue weighted by molar-refractivity contribution is 0.185. The molecule has 19 heavy (non-hydrogen) atoms. The highest BCUT2D eigenvalue weighted by molar-refractivity contribution is 7.89. The number of nitrogens with one attached hydrogen (secondary N) is 1. The maximum absolute atomic E-state index is 12.3. The maximum Gasteiger partial charge on any atom is 0.243 e. The van der Waals surface area contributed by atoms with Gasteiger partial charge in [-0.3, -0.25) is 0 Å². The highest BCUT2D eigenvalue weighted by atomic mass is 35.5. The third-order valence-electron chi connectivity index (χ3n) is 3.48. The SMILES string of the molecule is Nc1cc(Cl)ccc1S(=O)(=O)NC1(CO)CCCC1. The Bertz CT molecular complexity index is 568. The van der Waals surface area contributed by atoms with Gasteiger partial charge in [0, 0.05) is 5.02 Å². The molecule has 7 heteroatoms. The van der Waals surface area contributed by atoms with Crippen LogP contribution in [0.5, 0.6) is 0 Å². The highest BCUT2D eigenvalue weighted by Gasteiger charge is 2.37. The molecule has 1 saturated carbocycles. The van der Waals surface area contributed by atoms with Gasteiger partial charge in [0.05, 0.1) is 17.8 Å². The third-order valence-corrected chi connectivity index (χ3v) is 5.36. The van der Waals surface area contributed by atoms with Gasteiger partial charge in [-0.05, 0) is 31.0 Å². The van der Waals surface area contributed by atoms with Gasteiger partial charge in [0.15, 0.2) is 0 Å². The average Bonchev–Trinajstić information content (AvgIpc) is 2.77. The predicted molar refractivity (Wildman–Crippen MR) is 74.5 cm³/mol. The Hall–Kier alpha value is -0.820. The first kappa shape index (κ1) is 14.6. The maximum atomic E-state index is 12.3. The van der Waals surface area contributed by atoms with Crippen LogP contribution in [0, 0.1) is 0 Å². The molecule has 0 bridgehead atoms. The molecule has 0 saturated heterocycles. The van der Waals surface area contributed by atoms with E-state index >= 15 is 0 Å². The third kappa shape index (κ3) is 3.02. The normalized spacial score (nSPS) is 18.6. The molecule has 1 fully saturated rings. The smallest absolute Gasteiger partial charge is 0.243 e. The molecule has 5 nitrogen and oxygen atoms in total. The quantitative estimate of drug-likeness (QED) is 0.735. The minimum absolute atomic E-state index is 0.00313. The van der Waals surface area contributed by atoms with Crippen molar-refractivity contribution in [1.29, 1.82) is 0 Å². The number of rotatable bonds is 4. The summed E-state index contributed by atoms with van der Waals surface area (Å²) in [4.78, 5) is -0.00313. The standard InChI is InChI=1S/C12H17ClN2O3S/c13-9-3-4-11(10(14)7-9)19(17,18)15-12(8-16)5-1-2-6-12/h3-4,7,15-16H,1-2,5-6,8,14H2. The van der Waals surface area contributed by atoms with Gasteiger partial charge in [-0.15, -0.1) is 0 Å². The van der Waals surface area contributed by atoms with Gasteiger partial charge in [0.1, 0.15) is 4.90 Å². The van der Waals surface area contributed by atoms with E-state index in [1.54, 1.807) is 0 Å². The van der Waals surface area contributed by atoms with E-state index in [4.69, 9.17) is 17.3 Å². The fraction of sp³-hybridized carbons (Fsp3) is 0.500. The van der Waals surface area contributed by atoms with E-state index in [-0.39, 0.29) is 17.2 Å². The Balaban J connectivity index is 2.32. The molecular formula is C12H17ClN2O3S. The molecule has 1 aliphatic rings. The zero-order chi connectivity index (χ0) is 14.1. The fourth-order valence-corrected chi connectivity index (χ4v) is 4.19. The summed E-state index contributed by atoms with van der Waals surface area (Å²) >= 11 is 5.76. The van der Waals surface area contributed by atoms with Gasteiger partial charge < -0.3 is 10.8 Å². The first-order valence-electron chi connectivity index (χ1n) is 6.08. The molecule has 0 amide bonds. The van der Waals surface area contributed by atoms with Gasteiger partial charge >= 0.3 is 0 Å². The van der Waals surface area contributed by atoms with Crippen molar-refractivity contribution in [3.8, 4) is 0 Å². The van der Waals surface area contributed by atoms with Crippen LogP contribution in [-0.2, 0) is 10.0 Å². The van der Waals surface area contributed by atoms with Crippen molar-refractivity contribution in [3.05, 3.63) is 23.2 Å². The summed E-state index contributed by atoms with van der Waals surface area (Å²) in [5.74, 6) is 0. The first-order valence-corrected chi connectivity index (χ1v) is 7.95. The monoisotopic (exact) mass is 304 g/mol. The second-order valence-corrected chi connectivity index (χ2v) is 7.02. The number of hydrogen-bond donors (Lipinski definition) is 3. The number of nitrogens with two attached hydrogens (primary N) is 1. The Morgan fingerprint density at radius 1 is 1.37 bits per heavy atom. The number of anilines is 1. The summed E-state index contributed by atoms with van der Waals surface area (Å²) < 4.78 is 27.3. The Morgan fingerprint density at radius 3 is 2.53 bits per heavy atom. The number of hydrogen-bond acceptors (Lipinski definition) is 4. The van der Waals surface area contributed by atoms with E-state index in [1.807, 2.05) is 0 Å². The van der Waals surface area contributed by atoms with E-state index < -0.39 is 15.6 Å². The van der Waals surface area contributed by atoms with E-state index in [0.29, 0.717) is 17.9 Å². The largest absolute Gasteiger partial charge is 0.398 e. The van der Waals surface area contributed by atoms with E-state index in [0.717, 1.165) is 12.8 Å². The molecule has 0 atom stereocenters. The second kappa shape index (κ2) is 5.28. The summed E-state index contributed by atoms with van der Waals surface area (Å²) in [5, 5.41) is 9.84. The molecule has 0 aliphatic heterocycles. The molecule has 106 valence electrons. The van der Waals surface area contributed by atoms with Crippen molar-refractivity contribution in [1.82, 2.24) is 4.72 Å². The summed E-state index contributed by atoms with van der Waals surface area (Å²) in [6.07, 6.45) is 3.07. The molecular weight excluding hydrogens is 288 g/mol. The lowest BCUT2D eigenvalue weighted by Gasteiger charge is -2.27. The number of halogens is 1. The molecule has 0 spiro atoms. The minimum atomic E-state index is -3.76. The second-order valence-electron chi connectivity index (χ2n) is 4.93. The number of nitrogen functional groups attached to an aromatic ring is 1. The van der Waals surface area contributed by atoms with Crippen LogP contribution < -0.4 is 10.5 Å². The Kier molecular flexibility index (Phi) is 4.06. The summed E-state index contributed by atoms with van der Waals surface area (Å²) in [5.41, 5.74) is 5.04. The molecule has 0 radical (unpaired) electrons. The van der Waals surface area contributed by atoms with Gasteiger partial charge in [-0.25, -0.2) is 13.1 Å². The van der Waals surface area contributed by atoms with Crippen LogP contribution in [-0.4, -0.2) is 25.7 Å². The first-order chi connectivity index (χ1) is 8.88. The minimum Gasteiger partial charge on any atom is -0.398 e. The number of aliphatic hydroxyl groups is 1. The Labute approximate surface area is 117 Å². The molecule has 0 aromatic heterocycles. The fourth-order valence-electron chi connectivity index (χ4n) is 2.45. The molecule has 4 N–H and O–H groups in total. The van der Waals surface area contributed by atoms with Crippen LogP contribution in [0.4, 0.5) is 5.69 Å². The molecule has 1 aromatic carbocycles. The molecule has 1 aliphatic carbocycles. The van der Waals surface area contributed by atoms with E-state index in [9.17, 15) is 13.5 Å². The summed E-state index contributed by atoms with van der Waals surface area (Å²) in [7, 11) is -3.76. The van der Waals surface area contributed by atoms with E-state index in [2.05, 4.69) is 4.72 Å². The Morgan fingerprint density at radius 2 is 2.00 bits per heavy atom. The lowest BCUT2D eigenvalue weighted by atomic mass is 10.0. The van der Waals surface area contributed by atoms with Crippen molar-refractivity contribution < 1.29 is 13.5 Å². The van der Waals surface area contributed by atoms with Crippen LogP contribution in [0.2, 0.25) is 5.02 Å². The van der Waals surface area contributed by atoms with Crippen molar-refractivity contribution >= 4 is 27.3 Å². The number of aliphatic hydroxyl groups excluding tert-OH is 1. The van der Waals surface area contributed by atoms with Gasteiger partial charge in [-0.1, -0.05) is 24.4 Å². The van der Waals surface area contributed by atoms with Crippen LogP contribution in [0.25, 0.3) is 0 Å². The van der Waals surface area contributed by atoms with E-state index in [1.165, 1.54) is 18.2 Å². The highest BCUT2D eigenvalue weighted by Crippen LogP contribution is 2.32. The molecule has 2 rings (SSSR count). The molecule has 1 aromatic rings.